The second kappa shape index (κ2) is 7.99. The molecule has 1 fully saturated rings. The van der Waals surface area contributed by atoms with Crippen molar-refractivity contribution in [2.75, 3.05) is 36.4 Å². The van der Waals surface area contributed by atoms with Gasteiger partial charge in [0.1, 0.15) is 0 Å². The number of nitrogens with zero attached hydrogens (tertiary/aromatic N) is 4. The van der Waals surface area contributed by atoms with Crippen molar-refractivity contribution in [1.29, 1.82) is 0 Å². The van der Waals surface area contributed by atoms with E-state index in [0.29, 0.717) is 43.6 Å². The number of pyridine rings is 2. The molecule has 2 aromatic heterocycles. The molecule has 0 unspecified atom stereocenters. The molecule has 1 N–H and O–H groups in total. The number of nitrogens with one attached hydrogen (secondary N) is 1. The third-order valence-corrected chi connectivity index (χ3v) is 3.95. The Kier molecular flexibility index (Phi) is 5.50. The monoisotopic (exact) mass is 359 g/mol. The molecule has 0 aromatic carbocycles. The first-order valence-corrected chi connectivity index (χ1v) is 8.57. The molecule has 0 spiro atoms. The van der Waals surface area contributed by atoms with Gasteiger partial charge in [0.25, 0.3) is 0 Å². The van der Waals surface area contributed by atoms with Crippen LogP contribution in [-0.2, 0) is 0 Å². The number of piperazine rings is 1. The molecule has 3 heterocycles. The number of aromatic nitrogens is 2. The van der Waals surface area contributed by atoms with Gasteiger partial charge in [0.05, 0.1) is 6.10 Å². The molecule has 0 atom stereocenters. The largest absolute Gasteiger partial charge is 0.475 e. The van der Waals surface area contributed by atoms with Gasteiger partial charge < -0.3 is 19.9 Å². The number of carbonyl (C=O) groups is 1. The van der Waals surface area contributed by atoms with Crippen LogP contribution in [0.25, 0.3) is 0 Å². The molecule has 0 saturated carbocycles. The minimum atomic E-state index is -0.347. The highest BCUT2D eigenvalue weighted by molar-refractivity contribution is 5.89. The molecule has 8 heteroatoms. The third kappa shape index (κ3) is 4.38. The highest BCUT2D eigenvalue weighted by atomic mass is 19.1. The summed E-state index contributed by atoms with van der Waals surface area (Å²) in [4.78, 5) is 24.2. The molecular formula is C18H22FN5O2. The van der Waals surface area contributed by atoms with Crippen molar-refractivity contribution in [2.24, 2.45) is 0 Å². The van der Waals surface area contributed by atoms with Crippen LogP contribution in [0.1, 0.15) is 13.8 Å². The number of rotatable bonds is 4. The van der Waals surface area contributed by atoms with Crippen LogP contribution in [-0.4, -0.2) is 53.2 Å². The fraction of sp³-hybridized carbons (Fsp3) is 0.389. The van der Waals surface area contributed by atoms with Crippen LogP contribution < -0.4 is 15.0 Å². The molecule has 0 aliphatic carbocycles. The molecule has 2 aromatic rings. The van der Waals surface area contributed by atoms with Crippen LogP contribution in [0.4, 0.5) is 20.7 Å². The first kappa shape index (κ1) is 17.9. The summed E-state index contributed by atoms with van der Waals surface area (Å²) in [6.07, 6.45) is 3.17. The van der Waals surface area contributed by atoms with E-state index in [2.05, 4.69) is 15.3 Å². The quantitative estimate of drug-likeness (QED) is 0.909. The lowest BCUT2D eigenvalue weighted by Gasteiger charge is -2.35. The fourth-order valence-corrected chi connectivity index (χ4v) is 2.73. The van der Waals surface area contributed by atoms with E-state index in [1.807, 2.05) is 18.7 Å². The molecule has 2 amide bonds. The molecule has 1 aliphatic rings. The predicted octanol–water partition coefficient (Wildman–Crippen LogP) is 2.76. The lowest BCUT2D eigenvalue weighted by Crippen LogP contribution is -2.50. The van der Waals surface area contributed by atoms with E-state index in [1.54, 1.807) is 35.5 Å². The van der Waals surface area contributed by atoms with Gasteiger partial charge in [-0.3, -0.25) is 0 Å². The standard InChI is InChI=1S/C18H22FN5O2/c1-13(2)26-16-12-14(5-7-20-16)22-18(25)24-10-8-23(9-11-24)17-15(19)4-3-6-21-17/h3-7,12-13H,8-11H2,1-2H3,(H,20,22,25). The Morgan fingerprint density at radius 3 is 2.65 bits per heavy atom. The van der Waals surface area contributed by atoms with Gasteiger partial charge >= 0.3 is 6.03 Å². The van der Waals surface area contributed by atoms with Gasteiger partial charge in [-0.25, -0.2) is 19.2 Å². The van der Waals surface area contributed by atoms with E-state index in [1.165, 1.54) is 6.07 Å². The lowest BCUT2D eigenvalue weighted by atomic mass is 10.3. The number of hydrogen-bond acceptors (Lipinski definition) is 5. The normalized spacial score (nSPS) is 14.5. The van der Waals surface area contributed by atoms with Crippen LogP contribution in [0.2, 0.25) is 0 Å². The Hall–Kier alpha value is -2.90. The Bertz CT molecular complexity index is 763. The zero-order valence-electron chi connectivity index (χ0n) is 14.9. The highest BCUT2D eigenvalue weighted by Gasteiger charge is 2.23. The Labute approximate surface area is 151 Å². The molecule has 138 valence electrons. The van der Waals surface area contributed by atoms with E-state index in [-0.39, 0.29) is 18.0 Å². The summed E-state index contributed by atoms with van der Waals surface area (Å²) in [5, 5.41) is 2.85. The minimum Gasteiger partial charge on any atom is -0.475 e. The van der Waals surface area contributed by atoms with Crippen molar-refractivity contribution in [2.45, 2.75) is 20.0 Å². The van der Waals surface area contributed by atoms with Gasteiger partial charge in [0.15, 0.2) is 11.6 Å². The smallest absolute Gasteiger partial charge is 0.321 e. The van der Waals surface area contributed by atoms with Gasteiger partial charge in [-0.15, -0.1) is 0 Å². The first-order chi connectivity index (χ1) is 12.5. The maximum Gasteiger partial charge on any atom is 0.321 e. The summed E-state index contributed by atoms with van der Waals surface area (Å²) in [6, 6.07) is 6.16. The zero-order chi connectivity index (χ0) is 18.5. The maximum absolute atomic E-state index is 13.8. The summed E-state index contributed by atoms with van der Waals surface area (Å²) in [5.41, 5.74) is 0.624. The van der Waals surface area contributed by atoms with E-state index in [0.717, 1.165) is 0 Å². The number of carbonyl (C=O) groups excluding carboxylic acids is 1. The molecule has 3 rings (SSSR count). The highest BCUT2D eigenvalue weighted by Crippen LogP contribution is 2.19. The lowest BCUT2D eigenvalue weighted by molar-refractivity contribution is 0.208. The van der Waals surface area contributed by atoms with Gasteiger partial charge in [0.2, 0.25) is 5.88 Å². The van der Waals surface area contributed by atoms with Crippen LogP contribution in [0, 0.1) is 5.82 Å². The summed E-state index contributed by atoms with van der Waals surface area (Å²) in [5.74, 6) is 0.449. The summed E-state index contributed by atoms with van der Waals surface area (Å²) < 4.78 is 19.4. The van der Waals surface area contributed by atoms with Gasteiger partial charge in [-0.05, 0) is 32.0 Å². The van der Waals surface area contributed by atoms with Crippen molar-refractivity contribution in [1.82, 2.24) is 14.9 Å². The van der Waals surface area contributed by atoms with E-state index < -0.39 is 0 Å². The van der Waals surface area contributed by atoms with Crippen LogP contribution in [0.15, 0.2) is 36.7 Å². The maximum atomic E-state index is 13.8. The van der Waals surface area contributed by atoms with E-state index in [4.69, 9.17) is 4.74 Å². The predicted molar refractivity (Wildman–Crippen MR) is 97.0 cm³/mol. The van der Waals surface area contributed by atoms with Gasteiger partial charge in [0, 0.05) is 50.3 Å². The molecule has 0 radical (unpaired) electrons. The van der Waals surface area contributed by atoms with Crippen LogP contribution >= 0.6 is 0 Å². The third-order valence-electron chi connectivity index (χ3n) is 3.95. The molecule has 26 heavy (non-hydrogen) atoms. The van der Waals surface area contributed by atoms with Crippen molar-refractivity contribution in [3.63, 3.8) is 0 Å². The van der Waals surface area contributed by atoms with Crippen LogP contribution in [0.5, 0.6) is 5.88 Å². The minimum absolute atomic E-state index is 0.00789. The Morgan fingerprint density at radius 2 is 1.96 bits per heavy atom. The van der Waals surface area contributed by atoms with E-state index in [9.17, 15) is 9.18 Å². The Balaban J connectivity index is 1.56. The second-order valence-electron chi connectivity index (χ2n) is 6.26. The van der Waals surface area contributed by atoms with Gasteiger partial charge in [-0.1, -0.05) is 0 Å². The summed E-state index contributed by atoms with van der Waals surface area (Å²) in [6.45, 7) is 5.86. The summed E-state index contributed by atoms with van der Waals surface area (Å²) >= 11 is 0. The fourth-order valence-electron chi connectivity index (χ4n) is 2.73. The topological polar surface area (TPSA) is 70.6 Å². The number of hydrogen-bond donors (Lipinski definition) is 1. The van der Waals surface area contributed by atoms with Crippen LogP contribution in [0.3, 0.4) is 0 Å². The molecular weight excluding hydrogens is 337 g/mol. The molecule has 1 saturated heterocycles. The van der Waals surface area contributed by atoms with Crippen molar-refractivity contribution < 1.29 is 13.9 Å². The molecule has 7 nitrogen and oxygen atoms in total. The number of amides is 2. The van der Waals surface area contributed by atoms with Crippen molar-refractivity contribution in [3.05, 3.63) is 42.5 Å². The summed E-state index contributed by atoms with van der Waals surface area (Å²) in [7, 11) is 0. The number of anilines is 2. The van der Waals surface area contributed by atoms with E-state index >= 15 is 0 Å². The average molecular weight is 359 g/mol. The zero-order valence-corrected chi connectivity index (χ0v) is 14.9. The second-order valence-corrected chi connectivity index (χ2v) is 6.26. The van der Waals surface area contributed by atoms with Gasteiger partial charge in [-0.2, -0.15) is 0 Å². The Morgan fingerprint density at radius 1 is 1.19 bits per heavy atom. The van der Waals surface area contributed by atoms with Crippen molar-refractivity contribution in [3.8, 4) is 5.88 Å². The molecule has 0 bridgehead atoms. The first-order valence-electron chi connectivity index (χ1n) is 8.57. The van der Waals surface area contributed by atoms with Crippen molar-refractivity contribution >= 4 is 17.5 Å². The molecule has 1 aliphatic heterocycles. The number of ether oxygens (including phenoxy) is 1. The number of urea groups is 1. The SMILES string of the molecule is CC(C)Oc1cc(NC(=O)N2CCN(c3ncccc3F)CC2)ccn1. The number of halogens is 1. The average Bonchev–Trinajstić information content (AvgIpc) is 2.62.